The van der Waals surface area contributed by atoms with E-state index in [1.807, 2.05) is 0 Å². The number of anilines is 2. The maximum atomic E-state index is 14.6. The first-order chi connectivity index (χ1) is 19.9. The van der Waals surface area contributed by atoms with Gasteiger partial charge in [-0.05, 0) is 37.2 Å². The summed E-state index contributed by atoms with van der Waals surface area (Å²) in [6, 6.07) is 4.58. The fraction of sp³-hybridized carbons (Fsp3) is 0.333. The molecule has 4 rings (SSSR count). The van der Waals surface area contributed by atoms with Crippen molar-refractivity contribution < 1.29 is 36.3 Å². The maximum Gasteiger partial charge on any atom is 0.252 e. The van der Waals surface area contributed by atoms with Crippen LogP contribution in [0.25, 0.3) is 10.9 Å². The second-order valence-corrected chi connectivity index (χ2v) is 12.2. The van der Waals surface area contributed by atoms with Crippen molar-refractivity contribution in [2.75, 3.05) is 37.5 Å². The summed E-state index contributed by atoms with van der Waals surface area (Å²) < 4.78 is 63.3. The molecule has 0 unspecified atom stereocenters. The maximum absolute atomic E-state index is 14.6. The number of amides is 2. The lowest BCUT2D eigenvalue weighted by Gasteiger charge is -2.33. The van der Waals surface area contributed by atoms with E-state index in [9.17, 15) is 26.8 Å². The van der Waals surface area contributed by atoms with Gasteiger partial charge >= 0.3 is 0 Å². The molecule has 15 heteroatoms. The molecule has 2 aromatic carbocycles. The third kappa shape index (κ3) is 7.12. The lowest BCUT2D eigenvalue weighted by atomic mass is 10.0. The van der Waals surface area contributed by atoms with Gasteiger partial charge in [0.15, 0.2) is 17.3 Å². The second kappa shape index (κ2) is 13.0. The Morgan fingerprint density at radius 2 is 2.02 bits per heavy atom. The average Bonchev–Trinajstić information content (AvgIpc) is 2.96. The van der Waals surface area contributed by atoms with E-state index < -0.39 is 50.5 Å². The van der Waals surface area contributed by atoms with Crippen LogP contribution in [0.3, 0.4) is 0 Å². The quantitative estimate of drug-likeness (QED) is 0.255. The Morgan fingerprint density at radius 1 is 1.26 bits per heavy atom. The fourth-order valence-electron chi connectivity index (χ4n) is 4.41. The number of fused-ring (bicyclic) bond motifs is 1. The molecule has 11 nitrogen and oxygen atoms in total. The van der Waals surface area contributed by atoms with Gasteiger partial charge in [0.05, 0.1) is 30.1 Å². The average molecular weight is 624 g/mol. The van der Waals surface area contributed by atoms with Gasteiger partial charge < -0.3 is 20.1 Å². The van der Waals surface area contributed by atoms with Crippen molar-refractivity contribution in [3.05, 3.63) is 59.9 Å². The summed E-state index contributed by atoms with van der Waals surface area (Å²) in [5.41, 5.74) is 0.335. The predicted molar refractivity (Wildman–Crippen MR) is 153 cm³/mol. The van der Waals surface area contributed by atoms with Gasteiger partial charge in [-0.1, -0.05) is 18.2 Å². The number of imide groups is 1. The number of nitrogens with zero attached hydrogens (tertiary/aromatic N) is 3. The number of methoxy groups -OCH3 is 1. The van der Waals surface area contributed by atoms with Crippen molar-refractivity contribution in [1.29, 1.82) is 0 Å². The fourth-order valence-corrected chi connectivity index (χ4v) is 5.09. The van der Waals surface area contributed by atoms with E-state index in [4.69, 9.17) is 21.1 Å². The summed E-state index contributed by atoms with van der Waals surface area (Å²) in [4.78, 5) is 34.9. The minimum Gasteiger partial charge on any atom is -0.493 e. The van der Waals surface area contributed by atoms with E-state index in [0.29, 0.717) is 29.6 Å². The standard InChI is InChI=1S/C27H28ClF2N5O6S/c1-4-23(36)35(9-10-42(3,38)39)27(37)20-11-15(7-8-31-20)41-22-12-16-19(13-21(22)40-2)32-14-33-26(16)34-18-6-5-17(29)24(28)25(18)30/h4-6,12-15,20,31H,1,7-11H2,2-3H3,(H,32,33,34)/t15-,20-/m0/s1. The number of carbonyl (C=O) groups excluding carboxylic acids is 2. The Bertz CT molecular complexity index is 1640. The second-order valence-electron chi connectivity index (χ2n) is 9.52. The minimum absolute atomic E-state index is 0.103. The Morgan fingerprint density at radius 3 is 2.71 bits per heavy atom. The minimum atomic E-state index is -3.43. The van der Waals surface area contributed by atoms with Gasteiger partial charge in [-0.15, -0.1) is 0 Å². The number of aromatic nitrogens is 2. The number of nitrogens with one attached hydrogen (secondary N) is 2. The summed E-state index contributed by atoms with van der Waals surface area (Å²) in [5, 5.41) is 5.63. The van der Waals surface area contributed by atoms with E-state index in [-0.39, 0.29) is 36.0 Å². The molecule has 1 aliphatic heterocycles. The normalized spacial score (nSPS) is 17.0. The number of hydrogen-bond acceptors (Lipinski definition) is 10. The SMILES string of the molecule is C=CC(=O)N(CCS(C)(=O)=O)C(=O)[C@@H]1C[C@@H](Oc2cc3c(Nc4ccc(F)c(Cl)c4F)ncnc3cc2OC)CCN1. The van der Waals surface area contributed by atoms with E-state index in [1.165, 1.54) is 19.5 Å². The number of benzene rings is 2. The van der Waals surface area contributed by atoms with Crippen molar-refractivity contribution in [1.82, 2.24) is 20.2 Å². The summed E-state index contributed by atoms with van der Waals surface area (Å²) in [6.45, 7) is 3.47. The van der Waals surface area contributed by atoms with Crippen molar-refractivity contribution in [3.63, 3.8) is 0 Å². The summed E-state index contributed by atoms with van der Waals surface area (Å²) >= 11 is 5.72. The van der Waals surface area contributed by atoms with E-state index in [2.05, 4.69) is 27.2 Å². The molecule has 2 amide bonds. The Balaban J connectivity index is 1.58. The molecule has 0 aliphatic carbocycles. The van der Waals surface area contributed by atoms with Crippen LogP contribution in [-0.2, 0) is 19.4 Å². The zero-order valence-corrected chi connectivity index (χ0v) is 24.3. The number of ether oxygens (including phenoxy) is 2. The van der Waals surface area contributed by atoms with Crippen molar-refractivity contribution in [2.24, 2.45) is 0 Å². The third-order valence-electron chi connectivity index (χ3n) is 6.55. The van der Waals surface area contributed by atoms with Crippen LogP contribution >= 0.6 is 11.6 Å². The first-order valence-electron chi connectivity index (χ1n) is 12.7. The number of carbonyl (C=O) groups is 2. The van der Waals surface area contributed by atoms with Gasteiger partial charge in [0, 0.05) is 30.7 Å². The van der Waals surface area contributed by atoms with Gasteiger partial charge in [0.1, 0.15) is 38.9 Å². The highest BCUT2D eigenvalue weighted by Crippen LogP contribution is 2.37. The zero-order valence-electron chi connectivity index (χ0n) is 22.7. The van der Waals surface area contributed by atoms with Crippen LogP contribution in [0.15, 0.2) is 43.2 Å². The molecule has 0 saturated carbocycles. The van der Waals surface area contributed by atoms with Crippen molar-refractivity contribution >= 4 is 55.7 Å². The molecule has 1 aliphatic rings. The highest BCUT2D eigenvalue weighted by atomic mass is 35.5. The van der Waals surface area contributed by atoms with E-state index in [0.717, 1.165) is 23.3 Å². The van der Waals surface area contributed by atoms with E-state index in [1.54, 1.807) is 12.1 Å². The molecule has 0 bridgehead atoms. The Hall–Kier alpha value is -3.88. The number of rotatable bonds is 10. The molecule has 0 spiro atoms. The third-order valence-corrected chi connectivity index (χ3v) is 7.82. The molecule has 2 atom stereocenters. The van der Waals surface area contributed by atoms with Gasteiger partial charge in [-0.3, -0.25) is 14.5 Å². The molecule has 3 aromatic rings. The number of halogens is 3. The highest BCUT2D eigenvalue weighted by molar-refractivity contribution is 7.90. The number of sulfone groups is 1. The predicted octanol–water partition coefficient (Wildman–Crippen LogP) is 3.40. The van der Waals surface area contributed by atoms with E-state index >= 15 is 0 Å². The lowest BCUT2D eigenvalue weighted by Crippen LogP contribution is -2.54. The monoisotopic (exact) mass is 623 g/mol. The van der Waals surface area contributed by atoms with Crippen LogP contribution in [0, 0.1) is 11.6 Å². The first-order valence-corrected chi connectivity index (χ1v) is 15.1. The molecule has 2 N–H and O–H groups in total. The Kier molecular flexibility index (Phi) is 9.59. The number of hydrogen-bond donors (Lipinski definition) is 2. The Labute approximate surface area is 245 Å². The van der Waals surface area contributed by atoms with Crippen LogP contribution in [0.5, 0.6) is 11.5 Å². The molecular formula is C27H28ClF2N5O6S. The number of piperidine rings is 1. The largest absolute Gasteiger partial charge is 0.493 e. The zero-order chi connectivity index (χ0) is 30.6. The van der Waals surface area contributed by atoms with Crippen molar-refractivity contribution in [3.8, 4) is 11.5 Å². The molecule has 1 saturated heterocycles. The van der Waals surface area contributed by atoms with Crippen LogP contribution in [-0.4, -0.2) is 79.5 Å². The summed E-state index contributed by atoms with van der Waals surface area (Å²) in [5.74, 6) is -2.76. The molecule has 42 heavy (non-hydrogen) atoms. The first kappa shape index (κ1) is 31.1. The topological polar surface area (TPSA) is 140 Å². The van der Waals surface area contributed by atoms with Crippen LogP contribution < -0.4 is 20.1 Å². The molecule has 224 valence electrons. The molecular weight excluding hydrogens is 596 g/mol. The van der Waals surface area contributed by atoms with Crippen molar-refractivity contribution in [2.45, 2.75) is 25.0 Å². The van der Waals surface area contributed by atoms with Crippen LogP contribution in [0.2, 0.25) is 5.02 Å². The van der Waals surface area contributed by atoms with Gasteiger partial charge in [-0.2, -0.15) is 0 Å². The lowest BCUT2D eigenvalue weighted by molar-refractivity contribution is -0.144. The molecule has 1 aromatic heterocycles. The molecule has 1 fully saturated rings. The summed E-state index contributed by atoms with van der Waals surface area (Å²) in [7, 11) is -1.99. The summed E-state index contributed by atoms with van der Waals surface area (Å²) in [6.07, 6.45) is 3.39. The van der Waals surface area contributed by atoms with Gasteiger partial charge in [0.2, 0.25) is 5.91 Å². The van der Waals surface area contributed by atoms with Gasteiger partial charge in [0.25, 0.3) is 5.91 Å². The molecule has 0 radical (unpaired) electrons. The van der Waals surface area contributed by atoms with Gasteiger partial charge in [-0.25, -0.2) is 27.2 Å². The van der Waals surface area contributed by atoms with Crippen LogP contribution in [0.4, 0.5) is 20.3 Å². The highest BCUT2D eigenvalue weighted by Gasteiger charge is 2.34. The smallest absolute Gasteiger partial charge is 0.252 e. The molecule has 2 heterocycles. The van der Waals surface area contributed by atoms with Crippen LogP contribution in [0.1, 0.15) is 12.8 Å².